The van der Waals surface area contributed by atoms with Gasteiger partial charge in [-0.1, -0.05) is 27.7 Å². The Bertz CT molecular complexity index is 283. The van der Waals surface area contributed by atoms with Gasteiger partial charge in [-0.15, -0.1) is 0 Å². The van der Waals surface area contributed by atoms with Crippen molar-refractivity contribution >= 4 is 5.82 Å². The van der Waals surface area contributed by atoms with Gasteiger partial charge in [0, 0.05) is 24.3 Å². The van der Waals surface area contributed by atoms with Crippen LogP contribution in [0.4, 0.5) is 5.82 Å². The molecule has 4 heteroatoms. The van der Waals surface area contributed by atoms with Gasteiger partial charge in [-0.3, -0.25) is 0 Å². The second-order valence-corrected chi connectivity index (χ2v) is 3.38. The summed E-state index contributed by atoms with van der Waals surface area (Å²) in [6.45, 7) is 12.1. The predicted molar refractivity (Wildman–Crippen MR) is 74.4 cm³/mol. The number of hydrogen-bond donors (Lipinski definition) is 2. The summed E-state index contributed by atoms with van der Waals surface area (Å²) in [5, 5.41) is 6.67. The molecule has 0 amide bonds. The molecule has 1 aliphatic heterocycles. The zero-order valence-electron chi connectivity index (χ0n) is 11.7. The Labute approximate surface area is 105 Å². The maximum absolute atomic E-state index is 4.15. The highest BCUT2D eigenvalue weighted by molar-refractivity contribution is 5.35. The number of rotatable bonds is 2. The number of hydrogen-bond acceptors (Lipinski definition) is 4. The number of anilines is 1. The molecular formula is C13H26N4. The van der Waals surface area contributed by atoms with E-state index in [9.17, 15) is 0 Å². The SMILES string of the molecule is CC.CC.Cc1cc(NC2CCNC2)ncn1. The van der Waals surface area contributed by atoms with Crippen molar-refractivity contribution < 1.29 is 0 Å². The average molecular weight is 238 g/mol. The maximum atomic E-state index is 4.15. The molecule has 0 radical (unpaired) electrons. The Kier molecular flexibility index (Phi) is 9.34. The Morgan fingerprint density at radius 2 is 1.94 bits per heavy atom. The molecule has 1 aromatic rings. The summed E-state index contributed by atoms with van der Waals surface area (Å²) in [6, 6.07) is 2.49. The molecular weight excluding hydrogens is 212 g/mol. The number of aromatic nitrogens is 2. The largest absolute Gasteiger partial charge is 0.366 e. The van der Waals surface area contributed by atoms with Gasteiger partial charge in [0.15, 0.2) is 0 Å². The highest BCUT2D eigenvalue weighted by atomic mass is 15.1. The first-order chi connectivity index (χ1) is 8.34. The van der Waals surface area contributed by atoms with Crippen LogP contribution >= 0.6 is 0 Å². The van der Waals surface area contributed by atoms with E-state index in [2.05, 4.69) is 20.6 Å². The van der Waals surface area contributed by atoms with Gasteiger partial charge in [-0.25, -0.2) is 9.97 Å². The third-order valence-electron chi connectivity index (χ3n) is 2.22. The van der Waals surface area contributed by atoms with E-state index in [1.54, 1.807) is 6.33 Å². The molecule has 0 aromatic carbocycles. The molecule has 1 saturated heterocycles. The van der Waals surface area contributed by atoms with Crippen LogP contribution in [0, 0.1) is 6.92 Å². The lowest BCUT2D eigenvalue weighted by atomic mass is 10.2. The van der Waals surface area contributed by atoms with Gasteiger partial charge in [0.05, 0.1) is 0 Å². The molecule has 0 aliphatic carbocycles. The summed E-state index contributed by atoms with van der Waals surface area (Å²) in [5.41, 5.74) is 1.00. The Morgan fingerprint density at radius 1 is 1.24 bits per heavy atom. The van der Waals surface area contributed by atoms with Gasteiger partial charge < -0.3 is 10.6 Å². The molecule has 1 fully saturated rings. The van der Waals surface area contributed by atoms with E-state index in [4.69, 9.17) is 0 Å². The third-order valence-corrected chi connectivity index (χ3v) is 2.22. The van der Waals surface area contributed by atoms with Crippen molar-refractivity contribution in [3.63, 3.8) is 0 Å². The lowest BCUT2D eigenvalue weighted by Crippen LogP contribution is -2.22. The molecule has 0 saturated carbocycles. The van der Waals surface area contributed by atoms with Crippen molar-refractivity contribution in [2.24, 2.45) is 0 Å². The third kappa shape index (κ3) is 6.22. The van der Waals surface area contributed by atoms with Crippen molar-refractivity contribution in [3.8, 4) is 0 Å². The number of nitrogens with one attached hydrogen (secondary N) is 2. The van der Waals surface area contributed by atoms with Gasteiger partial charge >= 0.3 is 0 Å². The van der Waals surface area contributed by atoms with Gasteiger partial charge in [0.1, 0.15) is 12.1 Å². The van der Waals surface area contributed by atoms with E-state index in [1.165, 1.54) is 6.42 Å². The van der Waals surface area contributed by atoms with Gasteiger partial charge in [0.2, 0.25) is 0 Å². The topological polar surface area (TPSA) is 49.8 Å². The number of nitrogens with zero attached hydrogens (tertiary/aromatic N) is 2. The predicted octanol–water partition coefficient (Wildman–Crippen LogP) is 2.61. The summed E-state index contributed by atoms with van der Waals surface area (Å²) >= 11 is 0. The molecule has 0 bridgehead atoms. The monoisotopic (exact) mass is 238 g/mol. The summed E-state index contributed by atoms with van der Waals surface area (Å²) in [4.78, 5) is 8.20. The van der Waals surface area contributed by atoms with E-state index in [0.29, 0.717) is 6.04 Å². The second kappa shape index (κ2) is 10.0. The molecule has 1 unspecified atom stereocenters. The quantitative estimate of drug-likeness (QED) is 0.831. The fraction of sp³-hybridized carbons (Fsp3) is 0.692. The smallest absolute Gasteiger partial charge is 0.129 e. The molecule has 2 rings (SSSR count). The van der Waals surface area contributed by atoms with Crippen LogP contribution in [-0.2, 0) is 0 Å². The van der Waals surface area contributed by atoms with Gasteiger partial charge in [0.25, 0.3) is 0 Å². The minimum Gasteiger partial charge on any atom is -0.366 e. The van der Waals surface area contributed by atoms with Crippen LogP contribution in [0.15, 0.2) is 12.4 Å². The van der Waals surface area contributed by atoms with Crippen LogP contribution in [0.1, 0.15) is 39.8 Å². The molecule has 1 aromatic heterocycles. The highest BCUT2D eigenvalue weighted by Gasteiger charge is 2.13. The van der Waals surface area contributed by atoms with Crippen molar-refractivity contribution in [1.82, 2.24) is 15.3 Å². The fourth-order valence-electron chi connectivity index (χ4n) is 1.52. The zero-order chi connectivity index (χ0) is 13.1. The molecule has 2 N–H and O–H groups in total. The van der Waals surface area contributed by atoms with Crippen LogP contribution in [0.5, 0.6) is 0 Å². The molecule has 17 heavy (non-hydrogen) atoms. The number of aryl methyl sites for hydroxylation is 1. The summed E-state index contributed by atoms with van der Waals surface area (Å²) in [6.07, 6.45) is 2.77. The standard InChI is InChI=1S/C9H14N4.2C2H6/c1-7-4-9(12-6-11-7)13-8-2-3-10-5-8;2*1-2/h4,6,8,10H,2-3,5H2,1H3,(H,11,12,13);2*1-2H3. The first-order valence-electron chi connectivity index (χ1n) is 6.60. The Morgan fingerprint density at radius 3 is 2.47 bits per heavy atom. The minimum absolute atomic E-state index is 0.522. The molecule has 0 spiro atoms. The molecule has 1 aliphatic rings. The highest BCUT2D eigenvalue weighted by Crippen LogP contribution is 2.08. The van der Waals surface area contributed by atoms with Crippen molar-refractivity contribution in [3.05, 3.63) is 18.1 Å². The Balaban J connectivity index is 0.000000581. The van der Waals surface area contributed by atoms with E-state index < -0.39 is 0 Å². The van der Waals surface area contributed by atoms with Crippen LogP contribution in [-0.4, -0.2) is 29.1 Å². The van der Waals surface area contributed by atoms with Gasteiger partial charge in [-0.2, -0.15) is 0 Å². The lowest BCUT2D eigenvalue weighted by molar-refractivity contribution is 0.786. The van der Waals surface area contributed by atoms with Crippen LogP contribution in [0.25, 0.3) is 0 Å². The van der Waals surface area contributed by atoms with Crippen LogP contribution in [0.3, 0.4) is 0 Å². The summed E-state index contributed by atoms with van der Waals surface area (Å²) < 4.78 is 0. The normalized spacial score (nSPS) is 17.4. The molecule has 2 heterocycles. The average Bonchev–Trinajstić information content (AvgIpc) is 2.87. The summed E-state index contributed by atoms with van der Waals surface area (Å²) in [7, 11) is 0. The molecule has 1 atom stereocenters. The molecule has 98 valence electrons. The van der Waals surface area contributed by atoms with Crippen molar-refractivity contribution in [2.75, 3.05) is 18.4 Å². The van der Waals surface area contributed by atoms with Crippen LogP contribution in [0.2, 0.25) is 0 Å². The lowest BCUT2D eigenvalue weighted by Gasteiger charge is -2.11. The fourth-order valence-corrected chi connectivity index (χ4v) is 1.52. The Hall–Kier alpha value is -1.16. The first kappa shape index (κ1) is 15.8. The van der Waals surface area contributed by atoms with E-state index in [0.717, 1.165) is 24.6 Å². The maximum Gasteiger partial charge on any atom is 0.129 e. The summed E-state index contributed by atoms with van der Waals surface area (Å²) in [5.74, 6) is 0.932. The van der Waals surface area contributed by atoms with Gasteiger partial charge in [-0.05, 0) is 19.9 Å². The van der Waals surface area contributed by atoms with Crippen molar-refractivity contribution in [2.45, 2.75) is 47.1 Å². The van der Waals surface area contributed by atoms with Crippen molar-refractivity contribution in [1.29, 1.82) is 0 Å². The van der Waals surface area contributed by atoms with E-state index >= 15 is 0 Å². The van der Waals surface area contributed by atoms with E-state index in [-0.39, 0.29) is 0 Å². The molecule has 4 nitrogen and oxygen atoms in total. The van der Waals surface area contributed by atoms with E-state index in [1.807, 2.05) is 40.7 Å². The second-order valence-electron chi connectivity index (χ2n) is 3.38. The minimum atomic E-state index is 0.522. The zero-order valence-corrected chi connectivity index (χ0v) is 11.7. The van der Waals surface area contributed by atoms with Crippen LogP contribution < -0.4 is 10.6 Å². The first-order valence-corrected chi connectivity index (χ1v) is 6.60.